The van der Waals surface area contributed by atoms with Gasteiger partial charge in [-0.05, 0) is 44.1 Å². The predicted molar refractivity (Wildman–Crippen MR) is 134 cm³/mol. The molecule has 6 fully saturated rings. The lowest BCUT2D eigenvalue weighted by molar-refractivity contribution is -0.278. The fraction of sp³-hybridized carbons (Fsp3) is 0.963. The zero-order chi connectivity index (χ0) is 26.5. The van der Waals surface area contributed by atoms with Crippen LogP contribution in [0.25, 0.3) is 0 Å². The van der Waals surface area contributed by atoms with Gasteiger partial charge in [0.05, 0.1) is 31.2 Å². The van der Waals surface area contributed by atoms with Gasteiger partial charge in [-0.25, -0.2) is 0 Å². The summed E-state index contributed by atoms with van der Waals surface area (Å²) in [4.78, 5) is 15.4. The molecule has 6 rings (SSSR count). The molecular weight excluding hydrogens is 498 g/mol. The molecule has 0 amide bonds. The number of hydrogen-bond acceptors (Lipinski definition) is 9. The third-order valence-corrected chi connectivity index (χ3v) is 12.3. The summed E-state index contributed by atoms with van der Waals surface area (Å²) in [6.45, 7) is 6.25. The third kappa shape index (κ3) is 3.26. The number of esters is 1. The molecule has 0 radical (unpaired) electrons. The number of piperidine rings is 1. The monoisotopic (exact) mass is 541 g/mol. The van der Waals surface area contributed by atoms with E-state index >= 15 is 0 Å². The maximum atomic E-state index is 12.8. The molecule has 1 heterocycles. The number of carbonyl (C=O) groups is 1. The summed E-state index contributed by atoms with van der Waals surface area (Å²) in [5.74, 6) is -0.151. The average molecular weight is 542 g/mol. The number of likely N-dealkylation sites (tertiary alicyclic amines) is 1. The van der Waals surface area contributed by atoms with E-state index in [-0.39, 0.29) is 58.7 Å². The Labute approximate surface area is 221 Å². The van der Waals surface area contributed by atoms with Crippen LogP contribution in [0.15, 0.2) is 0 Å². The summed E-state index contributed by atoms with van der Waals surface area (Å²) in [5.41, 5.74) is -1.04. The van der Waals surface area contributed by atoms with Crippen LogP contribution in [0.5, 0.6) is 0 Å². The maximum absolute atomic E-state index is 12.8. The van der Waals surface area contributed by atoms with Gasteiger partial charge < -0.3 is 18.9 Å². The zero-order valence-corrected chi connectivity index (χ0v) is 23.8. The van der Waals surface area contributed by atoms with Crippen LogP contribution in [-0.2, 0) is 38.0 Å². The van der Waals surface area contributed by atoms with Crippen molar-refractivity contribution < 1.29 is 36.3 Å². The van der Waals surface area contributed by atoms with Crippen LogP contribution in [0.3, 0.4) is 0 Å². The lowest BCUT2D eigenvalue weighted by atomic mass is 9.43. The Hall–Kier alpha value is -0.780. The van der Waals surface area contributed by atoms with E-state index in [4.69, 9.17) is 23.1 Å². The van der Waals surface area contributed by atoms with Crippen LogP contribution < -0.4 is 0 Å². The van der Waals surface area contributed by atoms with Crippen LogP contribution in [0.4, 0.5) is 0 Å². The molecule has 0 unspecified atom stereocenters. The Kier molecular flexibility index (Phi) is 6.15. The standard InChI is InChI=1S/C27H43NO8S/c1-7-28-13-25(14-32-3)9-8-21(34-5)27-17-10-16-19(33-4)12-26(35-15(2)29,18(24(27)28)11-20(25)27)22(17)23(16)36-37(6,30)31/h16-24H,7-14H2,1-6H3/t16-,17-,18+,19+,20-,21+,22-,23+,24-,25+,26+,27-/m1/s1. The van der Waals surface area contributed by atoms with E-state index in [1.165, 1.54) is 6.92 Å². The van der Waals surface area contributed by atoms with Gasteiger partial charge in [0.2, 0.25) is 0 Å². The Morgan fingerprint density at radius 3 is 2.46 bits per heavy atom. The Balaban J connectivity index is 1.61. The van der Waals surface area contributed by atoms with E-state index in [1.807, 2.05) is 7.11 Å². The Bertz CT molecular complexity index is 1050. The second kappa shape index (κ2) is 8.61. The van der Waals surface area contributed by atoms with Gasteiger partial charge in [0.25, 0.3) is 10.1 Å². The summed E-state index contributed by atoms with van der Waals surface area (Å²) in [7, 11) is 1.58. The van der Waals surface area contributed by atoms with Crippen molar-refractivity contribution in [3.05, 3.63) is 0 Å². The quantitative estimate of drug-likeness (QED) is 0.338. The highest BCUT2D eigenvalue weighted by atomic mass is 32.2. The lowest BCUT2D eigenvalue weighted by Crippen LogP contribution is -2.77. The van der Waals surface area contributed by atoms with E-state index in [1.54, 1.807) is 14.2 Å². The van der Waals surface area contributed by atoms with E-state index in [2.05, 4.69) is 11.8 Å². The molecule has 5 saturated carbocycles. The van der Waals surface area contributed by atoms with E-state index in [0.717, 1.165) is 45.0 Å². The van der Waals surface area contributed by atoms with Crippen LogP contribution in [0, 0.1) is 40.4 Å². The topological polar surface area (TPSA) is 101 Å². The van der Waals surface area contributed by atoms with Crippen molar-refractivity contribution in [2.45, 2.75) is 75.9 Å². The second-order valence-corrected chi connectivity index (χ2v) is 14.4. The van der Waals surface area contributed by atoms with Crippen molar-refractivity contribution >= 4 is 16.1 Å². The molecule has 6 aliphatic rings. The molecule has 1 spiro atoms. The van der Waals surface area contributed by atoms with Crippen molar-refractivity contribution in [3.63, 3.8) is 0 Å². The van der Waals surface area contributed by atoms with Crippen molar-refractivity contribution in [2.75, 3.05) is 47.3 Å². The van der Waals surface area contributed by atoms with E-state index in [0.29, 0.717) is 18.9 Å². The number of hydrogen-bond donors (Lipinski definition) is 0. The number of fused-ring (bicyclic) bond motifs is 2. The molecule has 37 heavy (non-hydrogen) atoms. The summed E-state index contributed by atoms with van der Waals surface area (Å²) < 4.78 is 55.9. The summed E-state index contributed by atoms with van der Waals surface area (Å²) >= 11 is 0. The predicted octanol–water partition coefficient (Wildman–Crippen LogP) is 2.09. The smallest absolute Gasteiger partial charge is 0.303 e. The first-order valence-corrected chi connectivity index (χ1v) is 15.7. The largest absolute Gasteiger partial charge is 0.458 e. The molecule has 1 aliphatic heterocycles. The first kappa shape index (κ1) is 26.4. The molecule has 5 aliphatic carbocycles. The third-order valence-electron chi connectivity index (χ3n) is 11.7. The van der Waals surface area contributed by atoms with Gasteiger partial charge in [0.15, 0.2) is 0 Å². The Morgan fingerprint density at radius 2 is 1.86 bits per heavy atom. The molecule has 0 aromatic rings. The minimum absolute atomic E-state index is 0.00692. The summed E-state index contributed by atoms with van der Waals surface area (Å²) in [5, 5.41) is 0. The van der Waals surface area contributed by atoms with Crippen molar-refractivity contribution in [2.24, 2.45) is 40.4 Å². The van der Waals surface area contributed by atoms with Gasteiger partial charge in [-0.15, -0.1) is 0 Å². The number of nitrogens with zero attached hydrogens (tertiary/aromatic N) is 1. The molecule has 10 heteroatoms. The average Bonchev–Trinajstić information content (AvgIpc) is 3.25. The minimum atomic E-state index is -3.74. The molecular formula is C27H43NO8S. The van der Waals surface area contributed by atoms with Gasteiger partial charge in [-0.2, -0.15) is 8.42 Å². The van der Waals surface area contributed by atoms with Crippen LogP contribution >= 0.6 is 0 Å². The first-order valence-electron chi connectivity index (χ1n) is 13.9. The van der Waals surface area contributed by atoms with Crippen molar-refractivity contribution in [3.8, 4) is 0 Å². The fourth-order valence-electron chi connectivity index (χ4n) is 11.4. The molecule has 7 bridgehead atoms. The fourth-order valence-corrected chi connectivity index (χ4v) is 12.0. The number of methoxy groups -OCH3 is 3. The number of carbonyl (C=O) groups excluding carboxylic acids is 1. The Morgan fingerprint density at radius 1 is 1.11 bits per heavy atom. The molecule has 0 aromatic carbocycles. The van der Waals surface area contributed by atoms with E-state index < -0.39 is 21.8 Å². The second-order valence-electron chi connectivity index (χ2n) is 12.8. The van der Waals surface area contributed by atoms with Gasteiger partial charge in [0, 0.05) is 75.8 Å². The maximum Gasteiger partial charge on any atom is 0.303 e. The van der Waals surface area contributed by atoms with Crippen LogP contribution in [-0.4, -0.2) is 96.5 Å². The molecule has 12 atom stereocenters. The minimum Gasteiger partial charge on any atom is -0.458 e. The molecule has 0 N–H and O–H groups in total. The van der Waals surface area contributed by atoms with Crippen molar-refractivity contribution in [1.82, 2.24) is 4.90 Å². The lowest BCUT2D eigenvalue weighted by Gasteiger charge is -2.69. The zero-order valence-electron chi connectivity index (χ0n) is 23.0. The van der Waals surface area contributed by atoms with Gasteiger partial charge in [0.1, 0.15) is 5.60 Å². The van der Waals surface area contributed by atoms with E-state index in [9.17, 15) is 13.2 Å². The highest BCUT2D eigenvalue weighted by Gasteiger charge is 2.85. The summed E-state index contributed by atoms with van der Waals surface area (Å²) in [6, 6.07) is 0.187. The highest BCUT2D eigenvalue weighted by molar-refractivity contribution is 7.86. The van der Waals surface area contributed by atoms with Gasteiger partial charge >= 0.3 is 5.97 Å². The molecule has 9 nitrogen and oxygen atoms in total. The number of rotatable bonds is 8. The van der Waals surface area contributed by atoms with Crippen LogP contribution in [0.2, 0.25) is 0 Å². The van der Waals surface area contributed by atoms with Crippen molar-refractivity contribution in [1.29, 1.82) is 0 Å². The molecule has 0 aromatic heterocycles. The highest BCUT2D eigenvalue weighted by Crippen LogP contribution is 2.80. The van der Waals surface area contributed by atoms with Gasteiger partial charge in [-0.3, -0.25) is 13.9 Å². The normalized spacial score (nSPS) is 51.8. The molecule has 1 saturated heterocycles. The SMILES string of the molecule is CCN1C[C@]2(COC)CC[C@H](OC)[C@@]34[C@@H]5C[C@H]6[C@H](OS(C)(=O)=O)[C@@H]5[C@](OC(C)=O)(C[C@@H]6OC)[C@@H](C[C@H]23)[C@@H]14. The number of ether oxygens (including phenoxy) is 4. The molecule has 210 valence electrons. The van der Waals surface area contributed by atoms with Crippen LogP contribution in [0.1, 0.15) is 46.0 Å². The van der Waals surface area contributed by atoms with Gasteiger partial charge in [-0.1, -0.05) is 6.92 Å². The summed E-state index contributed by atoms with van der Waals surface area (Å²) in [6.07, 6.45) is 4.61. The first-order chi connectivity index (χ1) is 17.5.